The zero-order chi connectivity index (χ0) is 13.2. The van der Waals surface area contributed by atoms with Gasteiger partial charge in [-0.25, -0.2) is 9.18 Å². The summed E-state index contributed by atoms with van der Waals surface area (Å²) in [5, 5.41) is 9.71. The summed E-state index contributed by atoms with van der Waals surface area (Å²) in [6.07, 6.45) is -1.67. The van der Waals surface area contributed by atoms with E-state index in [4.69, 9.17) is 0 Å². The molecule has 0 amide bonds. The number of phenolic OH excluding ortho intramolecular Hbond substituents is 1. The number of ether oxygens (including phenoxy) is 1. The molecule has 0 bridgehead atoms. The summed E-state index contributed by atoms with van der Waals surface area (Å²) < 4.78 is 19.2. The number of halogens is 3. The molecule has 6 heteroatoms. The Morgan fingerprint density at radius 3 is 2.53 bits per heavy atom. The van der Waals surface area contributed by atoms with E-state index >= 15 is 0 Å². The Morgan fingerprint density at radius 1 is 1.41 bits per heavy atom. The van der Waals surface area contributed by atoms with Crippen LogP contribution in [0.15, 0.2) is 12.1 Å². The summed E-state index contributed by atoms with van der Waals surface area (Å²) in [5.74, 6) is -1.44. The minimum atomic E-state index is -1.67. The van der Waals surface area contributed by atoms with Crippen molar-refractivity contribution in [3.63, 3.8) is 0 Å². The Labute approximate surface area is 126 Å². The largest absolute Gasteiger partial charge is 0.506 e. The third kappa shape index (κ3) is 3.94. The number of rotatable bonds is 3. The van der Waals surface area contributed by atoms with Crippen LogP contribution in [-0.4, -0.2) is 17.4 Å². The van der Waals surface area contributed by atoms with Crippen LogP contribution >= 0.6 is 45.2 Å². The number of phenols is 1. The molecule has 0 aliphatic rings. The number of carbonyl (C=O) groups is 1. The first-order chi connectivity index (χ1) is 7.82. The van der Waals surface area contributed by atoms with Gasteiger partial charge in [-0.15, -0.1) is 0 Å². The minimum Gasteiger partial charge on any atom is -0.506 e. The Hall–Kier alpha value is -0.120. The molecule has 0 aromatic heterocycles. The average molecular weight is 464 g/mol. The van der Waals surface area contributed by atoms with Crippen molar-refractivity contribution < 1.29 is 19.0 Å². The quantitative estimate of drug-likeness (QED) is 0.549. The van der Waals surface area contributed by atoms with Crippen LogP contribution in [-0.2, 0) is 4.74 Å². The highest BCUT2D eigenvalue weighted by molar-refractivity contribution is 14.1. The maximum absolute atomic E-state index is 13.3. The lowest BCUT2D eigenvalue weighted by Crippen LogP contribution is -2.19. The Balaban J connectivity index is 2.97. The van der Waals surface area contributed by atoms with Gasteiger partial charge in [-0.2, -0.15) is 0 Å². The van der Waals surface area contributed by atoms with Crippen molar-refractivity contribution in [3.8, 4) is 5.75 Å². The molecular weight excluding hydrogens is 453 g/mol. The molecule has 1 rings (SSSR count). The zero-order valence-corrected chi connectivity index (χ0v) is 13.5. The van der Waals surface area contributed by atoms with Crippen molar-refractivity contribution in [2.45, 2.75) is 20.2 Å². The van der Waals surface area contributed by atoms with Crippen molar-refractivity contribution in [2.75, 3.05) is 0 Å². The minimum absolute atomic E-state index is 0.00963. The van der Waals surface area contributed by atoms with E-state index in [1.165, 1.54) is 6.07 Å². The molecule has 1 unspecified atom stereocenters. The van der Waals surface area contributed by atoms with Gasteiger partial charge in [0.15, 0.2) is 0 Å². The van der Waals surface area contributed by atoms with Gasteiger partial charge in [-0.3, -0.25) is 0 Å². The predicted octanol–water partition coefficient (Wildman–Crippen LogP) is 3.71. The predicted molar refractivity (Wildman–Crippen MR) is 78.7 cm³/mol. The van der Waals surface area contributed by atoms with Gasteiger partial charge in [0.1, 0.15) is 11.3 Å². The fraction of sp³-hybridized carbons (Fsp3) is 0.364. The van der Waals surface area contributed by atoms with E-state index in [1.807, 2.05) is 45.2 Å². The molecule has 17 heavy (non-hydrogen) atoms. The fourth-order valence-corrected chi connectivity index (χ4v) is 2.87. The molecule has 1 aromatic rings. The molecule has 0 heterocycles. The third-order valence-corrected chi connectivity index (χ3v) is 3.44. The number of esters is 1. The van der Waals surface area contributed by atoms with Gasteiger partial charge in [0, 0.05) is 9.49 Å². The Bertz CT molecular complexity index is 435. The molecule has 0 saturated heterocycles. The normalized spacial score (nSPS) is 12.6. The van der Waals surface area contributed by atoms with Crippen LogP contribution in [0.2, 0.25) is 0 Å². The summed E-state index contributed by atoms with van der Waals surface area (Å²) in [5.41, 5.74) is -0.00963. The van der Waals surface area contributed by atoms with E-state index in [1.54, 1.807) is 19.9 Å². The van der Waals surface area contributed by atoms with Crippen LogP contribution in [0.5, 0.6) is 5.75 Å². The summed E-state index contributed by atoms with van der Waals surface area (Å²) in [6.45, 7) is 3.21. The zero-order valence-electron chi connectivity index (χ0n) is 9.21. The van der Waals surface area contributed by atoms with Crippen molar-refractivity contribution in [3.05, 3.63) is 24.8 Å². The third-order valence-electron chi connectivity index (χ3n) is 1.99. The maximum atomic E-state index is 13.3. The average Bonchev–Trinajstić information content (AvgIpc) is 2.22. The second-order valence-electron chi connectivity index (χ2n) is 3.78. The van der Waals surface area contributed by atoms with Gasteiger partial charge in [0.2, 0.25) is 6.36 Å². The standard InChI is InChI=1S/C11H11FI2O3/c1-5(2)10(12)17-11(16)7-3-6(13)4-8(14)9(7)15/h3-5,10,15H,1-2H3. The summed E-state index contributed by atoms with van der Waals surface area (Å²) in [4.78, 5) is 11.7. The first-order valence-corrected chi connectivity index (χ1v) is 7.01. The Morgan fingerprint density at radius 2 is 2.00 bits per heavy atom. The van der Waals surface area contributed by atoms with E-state index in [9.17, 15) is 14.3 Å². The lowest BCUT2D eigenvalue weighted by Gasteiger charge is -2.14. The van der Waals surface area contributed by atoms with Gasteiger partial charge in [-0.05, 0) is 57.3 Å². The van der Waals surface area contributed by atoms with Crippen LogP contribution in [0.3, 0.4) is 0 Å². The smallest absolute Gasteiger partial charge is 0.344 e. The number of hydrogen-bond donors (Lipinski definition) is 1. The molecule has 94 valence electrons. The molecule has 0 aliphatic carbocycles. The SMILES string of the molecule is CC(C)C(F)OC(=O)c1cc(I)cc(I)c1O. The van der Waals surface area contributed by atoms with Gasteiger partial charge in [-0.1, -0.05) is 13.8 Å². The molecular formula is C11H11FI2O3. The number of benzene rings is 1. The van der Waals surface area contributed by atoms with E-state index in [2.05, 4.69) is 4.74 Å². The first kappa shape index (κ1) is 14.9. The van der Waals surface area contributed by atoms with E-state index in [-0.39, 0.29) is 11.3 Å². The van der Waals surface area contributed by atoms with Gasteiger partial charge in [0.05, 0.1) is 3.57 Å². The summed E-state index contributed by atoms with van der Waals surface area (Å²) in [7, 11) is 0. The summed E-state index contributed by atoms with van der Waals surface area (Å²) >= 11 is 3.91. The highest BCUT2D eigenvalue weighted by Crippen LogP contribution is 2.28. The number of hydrogen-bond acceptors (Lipinski definition) is 3. The van der Waals surface area contributed by atoms with Crippen LogP contribution in [0, 0.1) is 13.1 Å². The van der Waals surface area contributed by atoms with Crippen molar-refractivity contribution in [1.29, 1.82) is 0 Å². The van der Waals surface area contributed by atoms with Crippen LogP contribution < -0.4 is 0 Å². The van der Waals surface area contributed by atoms with Crippen molar-refractivity contribution in [2.24, 2.45) is 5.92 Å². The Kier molecular flexibility index (Phi) is 5.42. The summed E-state index contributed by atoms with van der Waals surface area (Å²) in [6, 6.07) is 3.18. The van der Waals surface area contributed by atoms with Crippen molar-refractivity contribution >= 4 is 51.2 Å². The number of aromatic hydroxyl groups is 1. The topological polar surface area (TPSA) is 46.5 Å². The van der Waals surface area contributed by atoms with E-state index < -0.39 is 18.2 Å². The van der Waals surface area contributed by atoms with Crippen LogP contribution in [0.4, 0.5) is 4.39 Å². The maximum Gasteiger partial charge on any atom is 0.344 e. The van der Waals surface area contributed by atoms with Crippen LogP contribution in [0.1, 0.15) is 24.2 Å². The molecule has 0 saturated carbocycles. The lowest BCUT2D eigenvalue weighted by atomic mass is 10.2. The molecule has 1 N–H and O–H groups in total. The molecule has 1 atom stereocenters. The van der Waals surface area contributed by atoms with Crippen molar-refractivity contribution in [1.82, 2.24) is 0 Å². The fourth-order valence-electron chi connectivity index (χ4n) is 1.02. The molecule has 0 aliphatic heterocycles. The van der Waals surface area contributed by atoms with Gasteiger partial charge >= 0.3 is 5.97 Å². The van der Waals surface area contributed by atoms with Gasteiger partial charge < -0.3 is 9.84 Å². The van der Waals surface area contributed by atoms with E-state index in [0.717, 1.165) is 3.57 Å². The van der Waals surface area contributed by atoms with Gasteiger partial charge in [0.25, 0.3) is 0 Å². The molecule has 0 fully saturated rings. The number of carbonyl (C=O) groups excluding carboxylic acids is 1. The highest BCUT2D eigenvalue weighted by atomic mass is 127. The lowest BCUT2D eigenvalue weighted by molar-refractivity contribution is -0.0375. The highest BCUT2D eigenvalue weighted by Gasteiger charge is 2.22. The number of alkyl halides is 1. The van der Waals surface area contributed by atoms with E-state index in [0.29, 0.717) is 3.57 Å². The monoisotopic (exact) mass is 464 g/mol. The molecule has 3 nitrogen and oxygen atoms in total. The molecule has 0 radical (unpaired) electrons. The molecule has 0 spiro atoms. The second kappa shape index (κ2) is 6.17. The van der Waals surface area contributed by atoms with Crippen LogP contribution in [0.25, 0.3) is 0 Å². The second-order valence-corrected chi connectivity index (χ2v) is 6.19. The molecule has 1 aromatic carbocycles. The first-order valence-electron chi connectivity index (χ1n) is 4.86.